The number of nitrogens with one attached hydrogen (secondary N) is 1. The first kappa shape index (κ1) is 12.8. The van der Waals surface area contributed by atoms with Crippen LogP contribution in [0.3, 0.4) is 0 Å². The monoisotopic (exact) mass is 219 g/mol. The first-order chi connectivity index (χ1) is 7.54. The fourth-order valence-corrected chi connectivity index (χ4v) is 1.42. The molecule has 1 N–H and O–H groups in total. The first-order valence-electron chi connectivity index (χ1n) is 5.95. The van der Waals surface area contributed by atoms with Gasteiger partial charge in [0.05, 0.1) is 0 Å². The minimum absolute atomic E-state index is 0.0224. The lowest BCUT2D eigenvalue weighted by atomic mass is 9.98. The van der Waals surface area contributed by atoms with Gasteiger partial charge in [-0.25, -0.2) is 0 Å². The molecular formula is C14H21NO. The molecule has 0 saturated heterocycles. The van der Waals surface area contributed by atoms with Crippen molar-refractivity contribution in [2.75, 3.05) is 5.32 Å². The van der Waals surface area contributed by atoms with Gasteiger partial charge in [-0.1, -0.05) is 39.8 Å². The van der Waals surface area contributed by atoms with Crippen LogP contribution in [0.4, 0.5) is 5.69 Å². The third kappa shape index (κ3) is 3.37. The normalized spacial score (nSPS) is 12.6. The number of hydrogen-bond donors (Lipinski definition) is 1. The molecule has 1 aromatic carbocycles. The molecule has 0 aliphatic carbocycles. The Kier molecular flexibility index (Phi) is 4.53. The molecule has 0 saturated carbocycles. The highest BCUT2D eigenvalue weighted by Gasteiger charge is 2.07. The van der Waals surface area contributed by atoms with Gasteiger partial charge in [-0.2, -0.15) is 0 Å². The summed E-state index contributed by atoms with van der Waals surface area (Å²) in [4.78, 5) is 11.5. The Balaban J connectivity index is 2.68. The molecule has 1 rings (SSSR count). The van der Waals surface area contributed by atoms with Crippen molar-refractivity contribution in [1.82, 2.24) is 0 Å². The van der Waals surface area contributed by atoms with Crippen LogP contribution in [-0.2, 0) is 4.79 Å². The fraction of sp³-hybridized carbons (Fsp3) is 0.500. The number of anilines is 1. The third-order valence-electron chi connectivity index (χ3n) is 2.88. The van der Waals surface area contributed by atoms with Crippen LogP contribution in [0, 0.1) is 5.92 Å². The average Bonchev–Trinajstić information content (AvgIpc) is 2.28. The third-order valence-corrected chi connectivity index (χ3v) is 2.88. The van der Waals surface area contributed by atoms with E-state index in [0.29, 0.717) is 5.92 Å². The minimum atomic E-state index is 0.0224. The van der Waals surface area contributed by atoms with Crippen LogP contribution in [0.5, 0.6) is 0 Å². The highest BCUT2D eigenvalue weighted by Crippen LogP contribution is 2.20. The number of rotatable bonds is 4. The second-order valence-corrected chi connectivity index (χ2v) is 4.58. The van der Waals surface area contributed by atoms with Crippen LogP contribution in [0.15, 0.2) is 24.3 Å². The van der Waals surface area contributed by atoms with Gasteiger partial charge in [0.1, 0.15) is 0 Å². The van der Waals surface area contributed by atoms with E-state index < -0.39 is 0 Å². The van der Waals surface area contributed by atoms with Crippen LogP contribution in [0.25, 0.3) is 0 Å². The van der Waals surface area contributed by atoms with E-state index in [2.05, 4.69) is 31.3 Å². The molecule has 2 heteroatoms. The highest BCUT2D eigenvalue weighted by atomic mass is 16.1. The quantitative estimate of drug-likeness (QED) is 0.820. The van der Waals surface area contributed by atoms with E-state index in [-0.39, 0.29) is 11.8 Å². The van der Waals surface area contributed by atoms with E-state index in [0.717, 1.165) is 12.1 Å². The molecule has 2 nitrogen and oxygen atoms in total. The van der Waals surface area contributed by atoms with Crippen molar-refractivity contribution >= 4 is 11.6 Å². The standard InChI is InChI=1S/C14H21NO/c1-5-11(4)12-6-8-13(9-7-12)15-14(16)10(2)3/h6-11H,5H2,1-4H3,(H,15,16). The van der Waals surface area contributed by atoms with Crippen molar-refractivity contribution in [2.45, 2.75) is 40.0 Å². The number of carbonyl (C=O) groups excluding carboxylic acids is 1. The molecule has 0 fully saturated rings. The van der Waals surface area contributed by atoms with Gasteiger partial charge in [-0.15, -0.1) is 0 Å². The molecule has 0 heterocycles. The van der Waals surface area contributed by atoms with Gasteiger partial charge in [0.2, 0.25) is 5.91 Å². The predicted molar refractivity (Wildman–Crippen MR) is 68.6 cm³/mol. The summed E-state index contributed by atoms with van der Waals surface area (Å²) in [6.45, 7) is 8.17. The van der Waals surface area contributed by atoms with Gasteiger partial charge in [-0.05, 0) is 30.0 Å². The summed E-state index contributed by atoms with van der Waals surface area (Å²) in [5.41, 5.74) is 2.20. The Morgan fingerprint density at radius 3 is 2.19 bits per heavy atom. The lowest BCUT2D eigenvalue weighted by Gasteiger charge is -2.11. The molecular weight excluding hydrogens is 198 g/mol. The maximum atomic E-state index is 11.5. The van der Waals surface area contributed by atoms with Crippen LogP contribution in [0.2, 0.25) is 0 Å². The predicted octanol–water partition coefficient (Wildman–Crippen LogP) is 3.79. The van der Waals surface area contributed by atoms with E-state index >= 15 is 0 Å². The first-order valence-corrected chi connectivity index (χ1v) is 5.95. The van der Waals surface area contributed by atoms with E-state index in [1.54, 1.807) is 0 Å². The Morgan fingerprint density at radius 1 is 1.19 bits per heavy atom. The van der Waals surface area contributed by atoms with Crippen LogP contribution in [-0.4, -0.2) is 5.91 Å². The molecule has 1 amide bonds. The molecule has 0 aliphatic heterocycles. The summed E-state index contributed by atoms with van der Waals surface area (Å²) in [6.07, 6.45) is 1.14. The van der Waals surface area contributed by atoms with Gasteiger partial charge in [0.15, 0.2) is 0 Å². The summed E-state index contributed by atoms with van der Waals surface area (Å²) >= 11 is 0. The van der Waals surface area contributed by atoms with E-state index in [4.69, 9.17) is 0 Å². The lowest BCUT2D eigenvalue weighted by Crippen LogP contribution is -2.17. The smallest absolute Gasteiger partial charge is 0.226 e. The Morgan fingerprint density at radius 2 is 1.75 bits per heavy atom. The maximum Gasteiger partial charge on any atom is 0.226 e. The van der Waals surface area contributed by atoms with Gasteiger partial charge in [0.25, 0.3) is 0 Å². The summed E-state index contributed by atoms with van der Waals surface area (Å²) in [5.74, 6) is 0.667. The van der Waals surface area contributed by atoms with Gasteiger partial charge < -0.3 is 5.32 Å². The van der Waals surface area contributed by atoms with Crippen molar-refractivity contribution in [3.63, 3.8) is 0 Å². The molecule has 1 unspecified atom stereocenters. The minimum Gasteiger partial charge on any atom is -0.326 e. The number of carbonyl (C=O) groups is 1. The lowest BCUT2D eigenvalue weighted by molar-refractivity contribution is -0.118. The zero-order valence-corrected chi connectivity index (χ0v) is 10.6. The van der Waals surface area contributed by atoms with Gasteiger partial charge >= 0.3 is 0 Å². The maximum absolute atomic E-state index is 11.5. The van der Waals surface area contributed by atoms with Crippen molar-refractivity contribution in [3.8, 4) is 0 Å². The van der Waals surface area contributed by atoms with Gasteiger partial charge in [0, 0.05) is 11.6 Å². The number of amides is 1. The average molecular weight is 219 g/mol. The van der Waals surface area contributed by atoms with Crippen LogP contribution >= 0.6 is 0 Å². The molecule has 0 spiro atoms. The zero-order chi connectivity index (χ0) is 12.1. The Bertz CT molecular complexity index is 340. The second-order valence-electron chi connectivity index (χ2n) is 4.58. The van der Waals surface area contributed by atoms with E-state index in [1.807, 2.05) is 26.0 Å². The Hall–Kier alpha value is -1.31. The summed E-state index contributed by atoms with van der Waals surface area (Å²) in [7, 11) is 0. The summed E-state index contributed by atoms with van der Waals surface area (Å²) in [5, 5.41) is 2.89. The summed E-state index contributed by atoms with van der Waals surface area (Å²) in [6, 6.07) is 8.12. The van der Waals surface area contributed by atoms with Crippen molar-refractivity contribution in [2.24, 2.45) is 5.92 Å². The molecule has 0 radical (unpaired) electrons. The Labute approximate surface area is 98.1 Å². The number of hydrogen-bond acceptors (Lipinski definition) is 1. The van der Waals surface area contributed by atoms with Crippen molar-refractivity contribution < 1.29 is 4.79 Å². The van der Waals surface area contributed by atoms with Crippen LogP contribution in [0.1, 0.15) is 45.6 Å². The topological polar surface area (TPSA) is 29.1 Å². The van der Waals surface area contributed by atoms with E-state index in [9.17, 15) is 4.79 Å². The van der Waals surface area contributed by atoms with Crippen molar-refractivity contribution in [1.29, 1.82) is 0 Å². The largest absolute Gasteiger partial charge is 0.326 e. The fourth-order valence-electron chi connectivity index (χ4n) is 1.42. The van der Waals surface area contributed by atoms with Crippen LogP contribution < -0.4 is 5.32 Å². The molecule has 1 aromatic rings. The zero-order valence-electron chi connectivity index (χ0n) is 10.6. The molecule has 88 valence electrons. The number of benzene rings is 1. The van der Waals surface area contributed by atoms with Crippen molar-refractivity contribution in [3.05, 3.63) is 29.8 Å². The molecule has 1 atom stereocenters. The second kappa shape index (κ2) is 5.69. The van der Waals surface area contributed by atoms with Gasteiger partial charge in [-0.3, -0.25) is 4.79 Å². The molecule has 0 aliphatic rings. The SMILES string of the molecule is CCC(C)c1ccc(NC(=O)C(C)C)cc1. The molecule has 0 bridgehead atoms. The highest BCUT2D eigenvalue weighted by molar-refractivity contribution is 5.92. The molecule has 0 aromatic heterocycles. The van der Waals surface area contributed by atoms with E-state index in [1.165, 1.54) is 5.56 Å². The summed E-state index contributed by atoms with van der Waals surface area (Å²) < 4.78 is 0. The molecule has 16 heavy (non-hydrogen) atoms.